The van der Waals surface area contributed by atoms with Gasteiger partial charge in [-0.3, -0.25) is 0 Å². The molecule has 0 amide bonds. The van der Waals surface area contributed by atoms with Gasteiger partial charge in [0.2, 0.25) is 0 Å². The summed E-state index contributed by atoms with van der Waals surface area (Å²) in [7, 11) is 0. The molecule has 1 heterocycles. The van der Waals surface area contributed by atoms with Gasteiger partial charge in [0.15, 0.2) is 0 Å². The predicted molar refractivity (Wildman–Crippen MR) is 83.8 cm³/mol. The maximum absolute atomic E-state index is 3.54. The van der Waals surface area contributed by atoms with Gasteiger partial charge >= 0.3 is 124 Å². The topological polar surface area (TPSA) is 15.8 Å². The second kappa shape index (κ2) is 5.96. The van der Waals surface area contributed by atoms with E-state index in [4.69, 9.17) is 0 Å². The minimum atomic E-state index is -2.77. The quantitative estimate of drug-likeness (QED) is 0.718. The Kier molecular flexibility index (Phi) is 5.23. The summed E-state index contributed by atoms with van der Waals surface area (Å²) < 4.78 is 4.72. The molecule has 0 saturated carbocycles. The fourth-order valence-corrected chi connectivity index (χ4v) is 18.4. The first-order valence-electron chi connectivity index (χ1n) is 7.11. The van der Waals surface area contributed by atoms with Crippen LogP contribution in [-0.4, -0.2) is 4.98 Å². The molecule has 0 aliphatic heterocycles. The molecule has 0 fully saturated rings. The maximum atomic E-state index is 3.54. The molecule has 2 heteroatoms. The van der Waals surface area contributed by atoms with Crippen molar-refractivity contribution in [3.63, 3.8) is 0 Å². The molecule has 0 aromatic carbocycles. The van der Waals surface area contributed by atoms with Gasteiger partial charge in [-0.05, 0) is 0 Å². The zero-order valence-electron chi connectivity index (χ0n) is 13.5. The Morgan fingerprint density at radius 2 is 1.58 bits per heavy atom. The molecule has 0 atom stereocenters. The Morgan fingerprint density at radius 1 is 1.00 bits per heavy atom. The predicted octanol–water partition coefficient (Wildman–Crippen LogP) is 5.32. The van der Waals surface area contributed by atoms with Crippen LogP contribution in [0.25, 0.3) is 0 Å². The summed E-state index contributed by atoms with van der Waals surface area (Å²) in [6.45, 7) is 16.5. The fourth-order valence-electron chi connectivity index (χ4n) is 3.41. The molecule has 1 rings (SSSR count). The van der Waals surface area contributed by atoms with Gasteiger partial charge in [-0.15, -0.1) is 0 Å². The summed E-state index contributed by atoms with van der Waals surface area (Å²) >= 11 is -2.77. The average Bonchev–Trinajstić information content (AvgIpc) is 2.74. The van der Waals surface area contributed by atoms with Crippen LogP contribution in [0.2, 0.25) is 6.25 Å². The second-order valence-corrected chi connectivity index (χ2v) is 20.8. The number of hydrogen-bond acceptors (Lipinski definition) is 0. The van der Waals surface area contributed by atoms with Crippen molar-refractivity contribution in [2.75, 3.05) is 0 Å². The van der Waals surface area contributed by atoms with Gasteiger partial charge in [-0.25, -0.2) is 0 Å². The summed E-state index contributed by atoms with van der Waals surface area (Å²) in [5.74, 6) is 0. The molecular weight excluding hydrogens is 309 g/mol. The van der Waals surface area contributed by atoms with Crippen molar-refractivity contribution < 1.29 is 20.3 Å². The zero-order chi connectivity index (χ0) is 14.7. The van der Waals surface area contributed by atoms with E-state index in [0.717, 1.165) is 0 Å². The molecule has 0 spiro atoms. The van der Waals surface area contributed by atoms with E-state index in [9.17, 15) is 0 Å². The summed E-state index contributed by atoms with van der Waals surface area (Å²) in [4.78, 5) is 3.54. The van der Waals surface area contributed by atoms with E-state index in [2.05, 4.69) is 93.8 Å². The first kappa shape index (κ1) is 16.7. The van der Waals surface area contributed by atoms with Crippen LogP contribution in [-0.2, 0) is 20.3 Å². The van der Waals surface area contributed by atoms with Gasteiger partial charge in [-0.1, -0.05) is 0 Å². The number of aromatic nitrogens is 1. The van der Waals surface area contributed by atoms with Gasteiger partial charge in [-0.2, -0.15) is 0 Å². The molecular formula is C17H29NZr. The van der Waals surface area contributed by atoms with Crippen molar-refractivity contribution in [3.8, 4) is 0 Å². The zero-order valence-corrected chi connectivity index (χ0v) is 16.0. The van der Waals surface area contributed by atoms with Gasteiger partial charge in [0.25, 0.3) is 0 Å². The van der Waals surface area contributed by atoms with Crippen molar-refractivity contribution in [1.82, 2.24) is 4.98 Å². The monoisotopic (exact) mass is 337 g/mol. The second-order valence-electron chi connectivity index (χ2n) is 7.28. The normalized spacial score (nSPS) is 14.7. The first-order chi connectivity index (χ1) is 8.67. The van der Waals surface area contributed by atoms with Gasteiger partial charge in [0, 0.05) is 0 Å². The third-order valence-electron chi connectivity index (χ3n) is 4.04. The molecule has 1 N–H and O–H groups in total. The van der Waals surface area contributed by atoms with E-state index in [1.807, 2.05) is 0 Å². The van der Waals surface area contributed by atoms with Crippen LogP contribution in [0.3, 0.4) is 0 Å². The van der Waals surface area contributed by atoms with Gasteiger partial charge in [0.1, 0.15) is 0 Å². The van der Waals surface area contributed by atoms with Crippen LogP contribution in [0.1, 0.15) is 48.5 Å². The summed E-state index contributed by atoms with van der Waals surface area (Å²) in [5, 5.41) is 0. The summed E-state index contributed by atoms with van der Waals surface area (Å²) in [6.07, 6.45) is 8.61. The number of hydrogen-bond donors (Lipinski definition) is 1. The number of rotatable bonds is 3. The Bertz CT molecular complexity index is 425. The van der Waals surface area contributed by atoms with Crippen molar-refractivity contribution in [1.29, 1.82) is 0 Å². The van der Waals surface area contributed by atoms with E-state index >= 15 is 0 Å². The fraction of sp³-hybridized carbons (Fsp3) is 0.529. The van der Waals surface area contributed by atoms with E-state index in [1.165, 1.54) is 3.40 Å². The molecule has 1 aromatic rings. The van der Waals surface area contributed by atoms with Crippen LogP contribution in [0.15, 0.2) is 40.3 Å². The molecule has 0 aliphatic carbocycles. The Morgan fingerprint density at radius 3 is 1.95 bits per heavy atom. The van der Waals surface area contributed by atoms with Crippen molar-refractivity contribution >= 4 is 3.40 Å². The molecule has 0 unspecified atom stereocenters. The molecule has 1 aromatic heterocycles. The summed E-state index contributed by atoms with van der Waals surface area (Å²) in [5.41, 5.74) is 0. The molecule has 0 saturated heterocycles. The van der Waals surface area contributed by atoms with Crippen LogP contribution in [0.5, 0.6) is 0 Å². The van der Waals surface area contributed by atoms with Crippen LogP contribution in [0, 0.1) is 0 Å². The third-order valence-corrected chi connectivity index (χ3v) is 20.2. The van der Waals surface area contributed by atoms with Gasteiger partial charge in [0.05, 0.1) is 0 Å². The Balaban J connectivity index is 3.53. The van der Waals surface area contributed by atoms with E-state index in [1.54, 1.807) is 0 Å². The number of nitrogens with one attached hydrogen (secondary N) is 1. The Hall–Kier alpha value is -0.357. The van der Waals surface area contributed by atoms with Gasteiger partial charge < -0.3 is 0 Å². The van der Waals surface area contributed by atoms with Crippen LogP contribution in [0.4, 0.5) is 0 Å². The number of aromatic amines is 1. The van der Waals surface area contributed by atoms with Crippen LogP contribution >= 0.6 is 0 Å². The molecule has 106 valence electrons. The molecule has 1 nitrogen and oxygen atoms in total. The first-order valence-corrected chi connectivity index (χ1v) is 12.2. The Labute approximate surface area is 123 Å². The number of allylic oxidation sites excluding steroid dienone is 3. The van der Waals surface area contributed by atoms with Crippen molar-refractivity contribution in [2.24, 2.45) is 0 Å². The minimum absolute atomic E-state index is 0.329. The average molecular weight is 339 g/mol. The van der Waals surface area contributed by atoms with Crippen molar-refractivity contribution in [2.45, 2.75) is 54.7 Å². The summed E-state index contributed by atoms with van der Waals surface area (Å²) in [6, 6.07) is 4.44. The van der Waals surface area contributed by atoms with E-state index in [0.29, 0.717) is 6.25 Å². The third kappa shape index (κ3) is 3.22. The molecule has 0 aliphatic rings. The van der Waals surface area contributed by atoms with E-state index in [-0.39, 0.29) is 0 Å². The SMILES string of the molecule is CC=CC=[CH][Zr]([c]1ccc[nH]1)([C](C)(C)C)[C](C)(C)C. The molecule has 0 radical (unpaired) electrons. The molecule has 0 bridgehead atoms. The van der Waals surface area contributed by atoms with Crippen LogP contribution < -0.4 is 3.40 Å². The van der Waals surface area contributed by atoms with E-state index < -0.39 is 20.3 Å². The molecule has 19 heavy (non-hydrogen) atoms. The van der Waals surface area contributed by atoms with Crippen molar-refractivity contribution in [3.05, 3.63) is 40.3 Å². The number of H-pyrrole nitrogens is 1. The standard InChI is InChI=1S/C5H7.C4H4N.2C4H9.Zr/c1-3-5-4-2;1-2-4-5-3-1;2*1-4(2)3;/h1,3-5H,2H3;1-3,5H;2*1-3H3;.